The Morgan fingerprint density at radius 1 is 1.54 bits per heavy atom. The van der Waals surface area contributed by atoms with Crippen LogP contribution in [-0.4, -0.2) is 16.6 Å². The van der Waals surface area contributed by atoms with E-state index in [1.54, 1.807) is 12.3 Å². The summed E-state index contributed by atoms with van der Waals surface area (Å²) < 4.78 is 0. The van der Waals surface area contributed by atoms with Crippen molar-refractivity contribution in [3.05, 3.63) is 18.1 Å². The van der Waals surface area contributed by atoms with Crippen LogP contribution < -0.4 is 5.48 Å². The number of hydrogen-bond donors (Lipinski definition) is 1. The number of aromatic nitrogens is 2. The lowest BCUT2D eigenvalue weighted by atomic mass is 10.2. The van der Waals surface area contributed by atoms with Gasteiger partial charge >= 0.3 is 0 Å². The highest BCUT2D eigenvalue weighted by molar-refractivity contribution is 5.29. The Morgan fingerprint density at radius 3 is 2.92 bits per heavy atom. The molecule has 1 aromatic heterocycles. The van der Waals surface area contributed by atoms with Crippen LogP contribution in [0.3, 0.4) is 0 Å². The first-order valence-electron chi connectivity index (χ1n) is 4.36. The molecular weight excluding hydrogens is 166 g/mol. The summed E-state index contributed by atoms with van der Waals surface area (Å²) in [5, 5.41) is 0. The fraction of sp³-hybridized carbons (Fsp3) is 0.556. The number of aryl methyl sites for hydroxylation is 1. The molecule has 13 heavy (non-hydrogen) atoms. The van der Waals surface area contributed by atoms with Gasteiger partial charge in [-0.15, -0.1) is 0 Å². The monoisotopic (exact) mass is 181 g/mol. The minimum atomic E-state index is 0.510. The fourth-order valence-electron chi connectivity index (χ4n) is 0.795. The van der Waals surface area contributed by atoms with Gasteiger partial charge in [-0.2, -0.15) is 0 Å². The Kier molecular flexibility index (Phi) is 3.64. The zero-order valence-electron chi connectivity index (χ0n) is 8.24. The third-order valence-electron chi connectivity index (χ3n) is 1.37. The van der Waals surface area contributed by atoms with Crippen LogP contribution in [0.4, 0.5) is 5.82 Å². The number of nitrogens with zero attached hydrogens (tertiary/aromatic N) is 2. The van der Waals surface area contributed by atoms with Crippen molar-refractivity contribution in [3.63, 3.8) is 0 Å². The molecule has 0 aliphatic rings. The van der Waals surface area contributed by atoms with Crippen molar-refractivity contribution in [1.29, 1.82) is 0 Å². The third kappa shape index (κ3) is 3.85. The van der Waals surface area contributed by atoms with E-state index in [2.05, 4.69) is 29.3 Å². The minimum Gasteiger partial charge on any atom is -0.274 e. The van der Waals surface area contributed by atoms with E-state index in [1.165, 1.54) is 0 Å². The molecule has 1 heterocycles. The van der Waals surface area contributed by atoms with Crippen LogP contribution in [0.2, 0.25) is 0 Å². The molecule has 4 heteroatoms. The van der Waals surface area contributed by atoms with E-state index >= 15 is 0 Å². The van der Waals surface area contributed by atoms with Crippen molar-refractivity contribution in [2.75, 3.05) is 12.1 Å². The molecule has 0 aliphatic carbocycles. The summed E-state index contributed by atoms with van der Waals surface area (Å²) in [6.07, 6.45) is 1.70. The second-order valence-corrected chi connectivity index (χ2v) is 3.30. The summed E-state index contributed by atoms with van der Waals surface area (Å²) >= 11 is 0. The first-order valence-corrected chi connectivity index (χ1v) is 4.36. The average Bonchev–Trinajstić information content (AvgIpc) is 2.03. The Balaban J connectivity index is 2.37. The molecule has 72 valence electrons. The molecule has 0 unspecified atom stereocenters. The molecule has 0 aliphatic heterocycles. The summed E-state index contributed by atoms with van der Waals surface area (Å²) in [6.45, 7) is 6.69. The van der Waals surface area contributed by atoms with Gasteiger partial charge in [0.25, 0.3) is 0 Å². The predicted octanol–water partition coefficient (Wildman–Crippen LogP) is 1.78. The number of anilines is 1. The van der Waals surface area contributed by atoms with Gasteiger partial charge in [0, 0.05) is 12.3 Å². The minimum absolute atomic E-state index is 0.510. The van der Waals surface area contributed by atoms with Gasteiger partial charge in [0.15, 0.2) is 5.82 Å². The van der Waals surface area contributed by atoms with E-state index in [-0.39, 0.29) is 0 Å². The molecule has 0 atom stereocenters. The van der Waals surface area contributed by atoms with E-state index in [0.717, 1.165) is 5.82 Å². The van der Waals surface area contributed by atoms with E-state index < -0.39 is 0 Å². The van der Waals surface area contributed by atoms with Gasteiger partial charge in [0.2, 0.25) is 0 Å². The van der Waals surface area contributed by atoms with Crippen molar-refractivity contribution >= 4 is 5.82 Å². The molecule has 0 bridgehead atoms. The van der Waals surface area contributed by atoms with Gasteiger partial charge in [0.05, 0.1) is 6.61 Å². The van der Waals surface area contributed by atoms with E-state index in [0.29, 0.717) is 18.3 Å². The smallest absolute Gasteiger partial charge is 0.153 e. The van der Waals surface area contributed by atoms with Crippen molar-refractivity contribution in [2.24, 2.45) is 5.92 Å². The lowest BCUT2D eigenvalue weighted by molar-refractivity contribution is 0.161. The summed E-state index contributed by atoms with van der Waals surface area (Å²) in [5.41, 5.74) is 2.77. The highest BCUT2D eigenvalue weighted by Crippen LogP contribution is 2.01. The molecule has 1 aromatic rings. The Morgan fingerprint density at radius 2 is 2.31 bits per heavy atom. The predicted molar refractivity (Wildman–Crippen MR) is 51.2 cm³/mol. The van der Waals surface area contributed by atoms with E-state index in [4.69, 9.17) is 4.84 Å². The molecule has 0 aromatic carbocycles. The van der Waals surface area contributed by atoms with Gasteiger partial charge in [-0.05, 0) is 12.8 Å². The van der Waals surface area contributed by atoms with Crippen LogP contribution in [0, 0.1) is 12.8 Å². The molecule has 4 nitrogen and oxygen atoms in total. The van der Waals surface area contributed by atoms with Gasteiger partial charge in [-0.25, -0.2) is 15.4 Å². The zero-order chi connectivity index (χ0) is 9.68. The fourth-order valence-corrected chi connectivity index (χ4v) is 0.795. The largest absolute Gasteiger partial charge is 0.274 e. The standard InChI is InChI=1S/C9H15N3O/c1-7(2)6-13-12-9-4-5-10-8(3)11-9/h4-5,7H,6H2,1-3H3,(H,10,11,12). The molecule has 0 fully saturated rings. The Hall–Kier alpha value is -1.16. The maximum absolute atomic E-state index is 5.20. The maximum Gasteiger partial charge on any atom is 0.153 e. The van der Waals surface area contributed by atoms with Gasteiger partial charge in [0.1, 0.15) is 5.82 Å². The normalized spacial score (nSPS) is 10.5. The van der Waals surface area contributed by atoms with Crippen LogP contribution in [0.5, 0.6) is 0 Å². The molecular formula is C9H15N3O. The quantitative estimate of drug-likeness (QED) is 0.719. The average molecular weight is 181 g/mol. The highest BCUT2D eigenvalue weighted by atomic mass is 16.6. The van der Waals surface area contributed by atoms with Gasteiger partial charge < -0.3 is 0 Å². The topological polar surface area (TPSA) is 47.0 Å². The van der Waals surface area contributed by atoms with Crippen molar-refractivity contribution < 1.29 is 4.84 Å². The summed E-state index contributed by atoms with van der Waals surface area (Å²) in [6, 6.07) is 1.77. The van der Waals surface area contributed by atoms with Crippen LogP contribution in [0.15, 0.2) is 12.3 Å². The van der Waals surface area contributed by atoms with Crippen LogP contribution >= 0.6 is 0 Å². The van der Waals surface area contributed by atoms with Crippen molar-refractivity contribution in [2.45, 2.75) is 20.8 Å². The number of hydrogen-bond acceptors (Lipinski definition) is 4. The lowest BCUT2D eigenvalue weighted by Crippen LogP contribution is -2.09. The SMILES string of the molecule is Cc1nccc(NOCC(C)C)n1. The van der Waals surface area contributed by atoms with Gasteiger partial charge in [-0.1, -0.05) is 13.8 Å². The molecule has 0 saturated heterocycles. The summed E-state index contributed by atoms with van der Waals surface area (Å²) in [5.74, 6) is 1.95. The van der Waals surface area contributed by atoms with Crippen molar-refractivity contribution in [3.8, 4) is 0 Å². The Bertz CT molecular complexity index is 263. The first kappa shape index (κ1) is 9.92. The van der Waals surface area contributed by atoms with Crippen LogP contribution in [-0.2, 0) is 4.84 Å². The van der Waals surface area contributed by atoms with E-state index in [1.807, 2.05) is 6.92 Å². The third-order valence-corrected chi connectivity index (χ3v) is 1.37. The summed E-state index contributed by atoms with van der Waals surface area (Å²) in [4.78, 5) is 13.3. The maximum atomic E-state index is 5.20. The molecule has 0 radical (unpaired) electrons. The van der Waals surface area contributed by atoms with Crippen molar-refractivity contribution in [1.82, 2.24) is 9.97 Å². The number of nitrogens with one attached hydrogen (secondary N) is 1. The second kappa shape index (κ2) is 4.77. The molecule has 0 spiro atoms. The summed E-state index contributed by atoms with van der Waals surface area (Å²) in [7, 11) is 0. The van der Waals surface area contributed by atoms with Crippen LogP contribution in [0.25, 0.3) is 0 Å². The van der Waals surface area contributed by atoms with E-state index in [9.17, 15) is 0 Å². The van der Waals surface area contributed by atoms with Crippen LogP contribution in [0.1, 0.15) is 19.7 Å². The zero-order valence-corrected chi connectivity index (χ0v) is 8.24. The second-order valence-electron chi connectivity index (χ2n) is 3.30. The lowest BCUT2D eigenvalue weighted by Gasteiger charge is -2.07. The molecule has 0 saturated carbocycles. The highest BCUT2D eigenvalue weighted by Gasteiger charge is 1.96. The molecule has 1 rings (SSSR count). The Labute approximate surface area is 78.3 Å². The molecule has 1 N–H and O–H groups in total. The molecule has 0 amide bonds. The first-order chi connectivity index (χ1) is 6.18. The number of rotatable bonds is 4. The van der Waals surface area contributed by atoms with Gasteiger partial charge in [-0.3, -0.25) is 4.84 Å².